The van der Waals surface area contributed by atoms with Crippen LogP contribution in [0.15, 0.2) is 84.9 Å². The molecule has 0 saturated heterocycles. The highest BCUT2D eigenvalue weighted by Gasteiger charge is 2.12. The molecule has 160 valence electrons. The average molecular weight is 423 g/mol. The molecule has 32 heavy (non-hydrogen) atoms. The maximum Gasteiger partial charge on any atom is 0.148 e. The number of hydrogen-bond acceptors (Lipinski definition) is 3. The van der Waals surface area contributed by atoms with E-state index < -0.39 is 0 Å². The van der Waals surface area contributed by atoms with Gasteiger partial charge in [0.05, 0.1) is 17.6 Å². The van der Waals surface area contributed by atoms with Gasteiger partial charge in [0.1, 0.15) is 30.5 Å². The molecule has 0 radical (unpaired) electrons. The Morgan fingerprint density at radius 1 is 0.781 bits per heavy atom. The van der Waals surface area contributed by atoms with Gasteiger partial charge in [0.2, 0.25) is 0 Å². The molecule has 0 fully saturated rings. The first-order valence-electron chi connectivity index (χ1n) is 10.9. The van der Waals surface area contributed by atoms with E-state index in [2.05, 4.69) is 60.9 Å². The number of nitrogens with zero attached hydrogens (tertiary/aromatic N) is 2. The van der Waals surface area contributed by atoms with Crippen LogP contribution in [-0.2, 0) is 13.2 Å². The van der Waals surface area contributed by atoms with Gasteiger partial charge in [-0.1, -0.05) is 54.6 Å². The minimum absolute atomic E-state index is 0.395. The third-order valence-electron chi connectivity index (χ3n) is 5.62. The van der Waals surface area contributed by atoms with E-state index in [1.807, 2.05) is 42.5 Å². The molecular formula is C28H26N2O2. The van der Waals surface area contributed by atoms with Crippen molar-refractivity contribution in [1.29, 1.82) is 0 Å². The van der Waals surface area contributed by atoms with Gasteiger partial charge in [0, 0.05) is 5.39 Å². The van der Waals surface area contributed by atoms with Gasteiger partial charge in [0.25, 0.3) is 0 Å². The Morgan fingerprint density at radius 3 is 2.41 bits per heavy atom. The van der Waals surface area contributed by atoms with Crippen LogP contribution < -0.4 is 9.47 Å². The van der Waals surface area contributed by atoms with Crippen molar-refractivity contribution in [2.45, 2.75) is 27.0 Å². The summed E-state index contributed by atoms with van der Waals surface area (Å²) in [5, 5.41) is 2.27. The Morgan fingerprint density at radius 2 is 1.53 bits per heavy atom. The maximum absolute atomic E-state index is 6.25. The summed E-state index contributed by atoms with van der Waals surface area (Å²) >= 11 is 0. The van der Waals surface area contributed by atoms with E-state index in [1.165, 1.54) is 16.5 Å². The van der Waals surface area contributed by atoms with Crippen molar-refractivity contribution < 1.29 is 9.47 Å². The van der Waals surface area contributed by atoms with Gasteiger partial charge in [-0.15, -0.1) is 0 Å². The van der Waals surface area contributed by atoms with Crippen molar-refractivity contribution in [3.8, 4) is 11.5 Å². The summed E-state index contributed by atoms with van der Waals surface area (Å²) < 4.78 is 14.5. The monoisotopic (exact) mass is 422 g/mol. The highest BCUT2D eigenvalue weighted by Crippen LogP contribution is 2.26. The molecule has 0 saturated carbocycles. The topological polar surface area (TPSA) is 36.3 Å². The van der Waals surface area contributed by atoms with Crippen molar-refractivity contribution in [3.63, 3.8) is 0 Å². The lowest BCUT2D eigenvalue weighted by Gasteiger charge is -2.13. The molecule has 5 aromatic rings. The first-order valence-corrected chi connectivity index (χ1v) is 10.9. The number of aryl methyl sites for hydroxylation is 2. The highest BCUT2D eigenvalue weighted by atomic mass is 16.5. The first-order chi connectivity index (χ1) is 15.7. The summed E-state index contributed by atoms with van der Waals surface area (Å²) in [4.78, 5) is 4.84. The van der Waals surface area contributed by atoms with E-state index in [1.54, 1.807) is 0 Å². The van der Waals surface area contributed by atoms with Crippen LogP contribution in [0.5, 0.6) is 11.5 Å². The van der Waals surface area contributed by atoms with Gasteiger partial charge in [-0.05, 0) is 60.7 Å². The van der Waals surface area contributed by atoms with E-state index in [4.69, 9.17) is 14.5 Å². The molecular weight excluding hydrogens is 396 g/mol. The predicted octanol–water partition coefficient (Wildman–Crippen LogP) is 6.46. The van der Waals surface area contributed by atoms with E-state index >= 15 is 0 Å². The van der Waals surface area contributed by atoms with Gasteiger partial charge in [-0.3, -0.25) is 0 Å². The van der Waals surface area contributed by atoms with Gasteiger partial charge < -0.3 is 14.0 Å². The van der Waals surface area contributed by atoms with Gasteiger partial charge in [-0.25, -0.2) is 4.98 Å². The quantitative estimate of drug-likeness (QED) is 0.302. The second-order valence-electron chi connectivity index (χ2n) is 8.11. The summed E-state index contributed by atoms with van der Waals surface area (Å²) in [7, 11) is 0. The minimum Gasteiger partial charge on any atom is -0.492 e. The molecule has 5 rings (SSSR count). The third kappa shape index (κ3) is 4.17. The molecule has 1 heterocycles. The summed E-state index contributed by atoms with van der Waals surface area (Å²) in [5.74, 6) is 2.66. The number of rotatable bonds is 7. The maximum atomic E-state index is 6.25. The number of hydrogen-bond donors (Lipinski definition) is 0. The van der Waals surface area contributed by atoms with Crippen LogP contribution in [0.4, 0.5) is 0 Å². The molecule has 0 amide bonds. The lowest BCUT2D eigenvalue weighted by atomic mass is 10.1. The summed E-state index contributed by atoms with van der Waals surface area (Å²) in [5.41, 5.74) is 4.47. The molecule has 4 nitrogen and oxygen atoms in total. The van der Waals surface area contributed by atoms with Crippen LogP contribution in [0.25, 0.3) is 21.8 Å². The zero-order chi connectivity index (χ0) is 21.9. The largest absolute Gasteiger partial charge is 0.492 e. The fraction of sp³-hybridized carbons (Fsp3) is 0.179. The number of ether oxygens (including phenoxy) is 2. The van der Waals surface area contributed by atoms with Crippen LogP contribution in [0.1, 0.15) is 17.0 Å². The lowest BCUT2D eigenvalue weighted by Crippen LogP contribution is -2.13. The first kappa shape index (κ1) is 20.1. The second-order valence-corrected chi connectivity index (χ2v) is 8.11. The molecule has 0 aliphatic carbocycles. The number of benzene rings is 4. The second kappa shape index (κ2) is 8.75. The van der Waals surface area contributed by atoms with Crippen LogP contribution in [0.2, 0.25) is 0 Å². The SMILES string of the molecule is Cc1cc(C)cc(OCCn2c(COc3cccc4ccccc34)nc3ccccc32)c1. The zero-order valence-corrected chi connectivity index (χ0v) is 18.4. The molecule has 0 bridgehead atoms. The summed E-state index contributed by atoms with van der Waals surface area (Å²) in [6, 6.07) is 28.9. The molecule has 0 unspecified atom stereocenters. The van der Waals surface area contributed by atoms with Gasteiger partial charge in [0.15, 0.2) is 0 Å². The smallest absolute Gasteiger partial charge is 0.148 e. The fourth-order valence-corrected chi connectivity index (χ4v) is 4.22. The lowest BCUT2D eigenvalue weighted by molar-refractivity contribution is 0.274. The number of para-hydroxylation sites is 2. The van der Waals surface area contributed by atoms with Gasteiger partial charge >= 0.3 is 0 Å². The van der Waals surface area contributed by atoms with E-state index in [-0.39, 0.29) is 0 Å². The van der Waals surface area contributed by atoms with E-state index in [9.17, 15) is 0 Å². The normalized spacial score (nSPS) is 11.2. The number of fused-ring (bicyclic) bond motifs is 2. The van der Waals surface area contributed by atoms with Crippen LogP contribution in [0, 0.1) is 13.8 Å². The van der Waals surface area contributed by atoms with Crippen molar-refractivity contribution in [3.05, 3.63) is 102 Å². The Bertz CT molecular complexity index is 1360. The molecule has 1 aromatic heterocycles. The number of imidazole rings is 1. The Kier molecular flexibility index (Phi) is 5.51. The molecule has 4 aromatic carbocycles. The van der Waals surface area contributed by atoms with Gasteiger partial charge in [-0.2, -0.15) is 0 Å². The molecule has 0 aliphatic heterocycles. The zero-order valence-electron chi connectivity index (χ0n) is 18.4. The molecule has 4 heteroatoms. The van der Waals surface area contributed by atoms with E-state index in [0.717, 1.165) is 33.7 Å². The summed E-state index contributed by atoms with van der Waals surface area (Å²) in [6.07, 6.45) is 0. The van der Waals surface area contributed by atoms with Crippen molar-refractivity contribution >= 4 is 21.8 Å². The Labute approximate surface area is 188 Å². The summed E-state index contributed by atoms with van der Waals surface area (Å²) in [6.45, 7) is 5.83. The minimum atomic E-state index is 0.395. The van der Waals surface area contributed by atoms with E-state index in [0.29, 0.717) is 19.8 Å². The molecule has 0 N–H and O–H groups in total. The molecule has 0 aliphatic rings. The fourth-order valence-electron chi connectivity index (χ4n) is 4.22. The molecule has 0 spiro atoms. The van der Waals surface area contributed by atoms with Crippen molar-refractivity contribution in [2.24, 2.45) is 0 Å². The van der Waals surface area contributed by atoms with Crippen LogP contribution in [-0.4, -0.2) is 16.2 Å². The Hall–Kier alpha value is -3.79. The standard InChI is InChI=1S/C28H26N2O2/c1-20-16-21(2)18-23(17-20)31-15-14-30-26-12-6-5-11-25(26)29-28(30)19-32-27-13-7-9-22-8-3-4-10-24(22)27/h3-13,16-18H,14-15,19H2,1-2H3. The van der Waals surface area contributed by atoms with Crippen LogP contribution in [0.3, 0.4) is 0 Å². The third-order valence-corrected chi connectivity index (χ3v) is 5.62. The highest BCUT2D eigenvalue weighted by molar-refractivity contribution is 5.88. The Balaban J connectivity index is 1.37. The van der Waals surface area contributed by atoms with Crippen LogP contribution >= 0.6 is 0 Å². The predicted molar refractivity (Wildman–Crippen MR) is 129 cm³/mol. The van der Waals surface area contributed by atoms with Crippen molar-refractivity contribution in [1.82, 2.24) is 9.55 Å². The average Bonchev–Trinajstić information content (AvgIpc) is 3.14. The molecule has 0 atom stereocenters. The van der Waals surface area contributed by atoms with Crippen molar-refractivity contribution in [2.75, 3.05) is 6.61 Å². The number of aromatic nitrogens is 2.